The van der Waals surface area contributed by atoms with Crippen molar-refractivity contribution in [2.45, 2.75) is 37.9 Å². The lowest BCUT2D eigenvalue weighted by atomic mass is 9.95. The summed E-state index contributed by atoms with van der Waals surface area (Å²) in [6.45, 7) is 4.65. The molecule has 110 valence electrons. The zero-order valence-corrected chi connectivity index (χ0v) is 12.8. The van der Waals surface area contributed by atoms with Gasteiger partial charge in [0, 0.05) is 31.7 Å². The molecule has 1 saturated heterocycles. The van der Waals surface area contributed by atoms with Gasteiger partial charge in [-0.2, -0.15) is 0 Å². The summed E-state index contributed by atoms with van der Waals surface area (Å²) in [5.74, 6) is 0. The zero-order valence-electron chi connectivity index (χ0n) is 12.8. The average Bonchev–Trinajstić information content (AvgIpc) is 2.84. The van der Waals surface area contributed by atoms with Gasteiger partial charge in [0.05, 0.1) is 0 Å². The molecule has 1 aromatic rings. The number of fused-ring (bicyclic) bond motifs is 1. The number of nitrogens with one attached hydrogen (secondary N) is 1. The Bertz CT molecular complexity index is 446. The summed E-state index contributed by atoms with van der Waals surface area (Å²) >= 11 is 0. The third kappa shape index (κ3) is 3.22. The van der Waals surface area contributed by atoms with E-state index in [-0.39, 0.29) is 0 Å². The summed E-state index contributed by atoms with van der Waals surface area (Å²) in [6, 6.07) is 10.2. The molecule has 1 fully saturated rings. The second-order valence-corrected chi connectivity index (χ2v) is 6.55. The van der Waals surface area contributed by atoms with Gasteiger partial charge >= 0.3 is 0 Å². The van der Waals surface area contributed by atoms with Crippen molar-refractivity contribution in [3.05, 3.63) is 35.4 Å². The number of rotatable bonds is 4. The Kier molecular flexibility index (Phi) is 4.39. The van der Waals surface area contributed by atoms with E-state index in [1.54, 1.807) is 0 Å². The highest BCUT2D eigenvalue weighted by molar-refractivity contribution is 5.29. The Labute approximate surface area is 123 Å². The first-order valence-electron chi connectivity index (χ1n) is 7.91. The summed E-state index contributed by atoms with van der Waals surface area (Å²) in [7, 11) is 4.54. The molecule has 20 heavy (non-hydrogen) atoms. The number of hydrogen-bond donors (Lipinski definition) is 1. The van der Waals surface area contributed by atoms with Crippen molar-refractivity contribution in [3.8, 4) is 0 Å². The van der Waals surface area contributed by atoms with Crippen LogP contribution in [0, 0.1) is 0 Å². The van der Waals surface area contributed by atoms with Crippen LogP contribution in [0.4, 0.5) is 0 Å². The minimum Gasteiger partial charge on any atom is -0.308 e. The number of nitrogens with zero attached hydrogens (tertiary/aromatic N) is 2. The summed E-state index contributed by atoms with van der Waals surface area (Å²) < 4.78 is 0. The van der Waals surface area contributed by atoms with E-state index in [1.807, 2.05) is 0 Å². The average molecular weight is 273 g/mol. The van der Waals surface area contributed by atoms with E-state index in [1.165, 1.54) is 43.5 Å². The van der Waals surface area contributed by atoms with Gasteiger partial charge in [-0.15, -0.1) is 0 Å². The Morgan fingerprint density at radius 1 is 1.25 bits per heavy atom. The maximum absolute atomic E-state index is 3.69. The molecule has 2 aliphatic rings. The van der Waals surface area contributed by atoms with E-state index in [0.717, 1.165) is 19.1 Å². The van der Waals surface area contributed by atoms with Crippen molar-refractivity contribution in [3.63, 3.8) is 0 Å². The number of likely N-dealkylation sites (tertiary alicyclic amines) is 1. The van der Waals surface area contributed by atoms with Crippen LogP contribution in [0.1, 0.15) is 24.0 Å². The lowest BCUT2D eigenvalue weighted by Crippen LogP contribution is -2.46. The maximum Gasteiger partial charge on any atom is 0.0238 e. The largest absolute Gasteiger partial charge is 0.308 e. The first-order chi connectivity index (χ1) is 9.72. The van der Waals surface area contributed by atoms with Crippen LogP contribution in [-0.2, 0) is 13.0 Å². The van der Waals surface area contributed by atoms with E-state index in [4.69, 9.17) is 0 Å². The normalized spacial score (nSPS) is 26.9. The van der Waals surface area contributed by atoms with Gasteiger partial charge in [0.1, 0.15) is 0 Å². The summed E-state index contributed by atoms with van der Waals surface area (Å²) in [4.78, 5) is 5.03. The molecule has 0 radical (unpaired) electrons. The van der Waals surface area contributed by atoms with Gasteiger partial charge in [-0.25, -0.2) is 0 Å². The molecule has 0 spiro atoms. The minimum absolute atomic E-state index is 0.599. The quantitative estimate of drug-likeness (QED) is 0.901. The molecule has 0 aromatic heterocycles. The summed E-state index contributed by atoms with van der Waals surface area (Å²) in [5, 5.41) is 3.69. The number of likely N-dealkylation sites (N-methyl/N-ethyl adjacent to an activating group) is 2. The van der Waals surface area contributed by atoms with Gasteiger partial charge in [-0.1, -0.05) is 24.3 Å². The standard InChI is InChI=1S/C17H27N3/c1-19(13-17-8-5-9-20(17)2)12-16-10-14-6-3-4-7-15(14)11-18-16/h3-4,6-7,16-18H,5,8-13H2,1-2H3. The Morgan fingerprint density at radius 3 is 2.80 bits per heavy atom. The predicted molar refractivity (Wildman–Crippen MR) is 83.9 cm³/mol. The monoisotopic (exact) mass is 273 g/mol. The Hall–Kier alpha value is -0.900. The van der Waals surface area contributed by atoms with Crippen LogP contribution in [0.3, 0.4) is 0 Å². The molecule has 0 saturated carbocycles. The molecule has 2 aliphatic heterocycles. The van der Waals surface area contributed by atoms with Crippen molar-refractivity contribution in [2.24, 2.45) is 0 Å². The Balaban J connectivity index is 1.51. The highest BCUT2D eigenvalue weighted by Crippen LogP contribution is 2.18. The summed E-state index contributed by atoms with van der Waals surface area (Å²) in [6.07, 6.45) is 3.90. The van der Waals surface area contributed by atoms with Crippen LogP contribution >= 0.6 is 0 Å². The molecule has 1 N–H and O–H groups in total. The smallest absolute Gasteiger partial charge is 0.0238 e. The van der Waals surface area contributed by atoms with Gasteiger partial charge in [0.15, 0.2) is 0 Å². The molecular formula is C17H27N3. The predicted octanol–water partition coefficient (Wildman–Crippen LogP) is 1.73. The molecular weight excluding hydrogens is 246 g/mol. The fourth-order valence-corrected chi connectivity index (χ4v) is 3.67. The lowest BCUT2D eigenvalue weighted by Gasteiger charge is -2.32. The van der Waals surface area contributed by atoms with Crippen molar-refractivity contribution in [1.82, 2.24) is 15.1 Å². The molecule has 0 aliphatic carbocycles. The van der Waals surface area contributed by atoms with Gasteiger partial charge < -0.3 is 15.1 Å². The SMILES string of the molecule is CN(CC1Cc2ccccc2CN1)CC1CCCN1C. The first kappa shape index (κ1) is 14.1. The van der Waals surface area contributed by atoms with Crippen molar-refractivity contribution >= 4 is 0 Å². The first-order valence-corrected chi connectivity index (χ1v) is 7.91. The fourth-order valence-electron chi connectivity index (χ4n) is 3.67. The molecule has 3 rings (SSSR count). The van der Waals surface area contributed by atoms with Gasteiger partial charge in [-0.05, 0) is 51.0 Å². The molecule has 0 bridgehead atoms. The van der Waals surface area contributed by atoms with E-state index in [0.29, 0.717) is 6.04 Å². The number of benzene rings is 1. The van der Waals surface area contributed by atoms with E-state index in [2.05, 4.69) is 53.5 Å². The third-order valence-electron chi connectivity index (χ3n) is 4.89. The van der Waals surface area contributed by atoms with E-state index in [9.17, 15) is 0 Å². The molecule has 2 unspecified atom stereocenters. The molecule has 1 aromatic carbocycles. The summed E-state index contributed by atoms with van der Waals surface area (Å²) in [5.41, 5.74) is 3.00. The minimum atomic E-state index is 0.599. The Morgan fingerprint density at radius 2 is 2.05 bits per heavy atom. The highest BCUT2D eigenvalue weighted by Gasteiger charge is 2.24. The van der Waals surface area contributed by atoms with Crippen molar-refractivity contribution in [2.75, 3.05) is 33.7 Å². The van der Waals surface area contributed by atoms with Crippen LogP contribution in [0.5, 0.6) is 0 Å². The van der Waals surface area contributed by atoms with Crippen LogP contribution < -0.4 is 5.32 Å². The molecule has 2 atom stereocenters. The topological polar surface area (TPSA) is 18.5 Å². The van der Waals surface area contributed by atoms with Gasteiger partial charge in [0.2, 0.25) is 0 Å². The molecule has 0 amide bonds. The van der Waals surface area contributed by atoms with Crippen molar-refractivity contribution < 1.29 is 0 Å². The molecule has 3 heteroatoms. The third-order valence-corrected chi connectivity index (χ3v) is 4.89. The van der Waals surface area contributed by atoms with Gasteiger partial charge in [0.25, 0.3) is 0 Å². The van der Waals surface area contributed by atoms with Gasteiger partial charge in [-0.3, -0.25) is 0 Å². The fraction of sp³-hybridized carbons (Fsp3) is 0.647. The van der Waals surface area contributed by atoms with E-state index < -0.39 is 0 Å². The second-order valence-electron chi connectivity index (χ2n) is 6.55. The molecule has 2 heterocycles. The molecule has 3 nitrogen and oxygen atoms in total. The maximum atomic E-state index is 3.69. The van der Waals surface area contributed by atoms with Crippen LogP contribution in [-0.4, -0.2) is 55.6 Å². The van der Waals surface area contributed by atoms with Crippen molar-refractivity contribution in [1.29, 1.82) is 0 Å². The van der Waals surface area contributed by atoms with Crippen LogP contribution in [0.2, 0.25) is 0 Å². The van der Waals surface area contributed by atoms with Crippen LogP contribution in [0.25, 0.3) is 0 Å². The zero-order chi connectivity index (χ0) is 13.9. The second kappa shape index (κ2) is 6.25. The lowest BCUT2D eigenvalue weighted by molar-refractivity contribution is 0.203. The van der Waals surface area contributed by atoms with Crippen LogP contribution in [0.15, 0.2) is 24.3 Å². The highest BCUT2D eigenvalue weighted by atomic mass is 15.2. The van der Waals surface area contributed by atoms with E-state index >= 15 is 0 Å². The number of hydrogen-bond acceptors (Lipinski definition) is 3.